The molecule has 0 aliphatic rings. The molecular weight excluding hydrogens is 787 g/mol. The van der Waals surface area contributed by atoms with Gasteiger partial charge in [0, 0.05) is 65.8 Å². The predicted molar refractivity (Wildman–Crippen MR) is 259 cm³/mol. The largest absolute Gasteiger partial charge is 0.456 e. The summed E-state index contributed by atoms with van der Waals surface area (Å²) in [6.45, 7) is 0. The fourth-order valence-corrected chi connectivity index (χ4v) is 9.93. The third-order valence-corrected chi connectivity index (χ3v) is 12.8. The number of benzene rings is 9. The molecule has 14 rings (SSSR count). The van der Waals surface area contributed by atoms with Crippen LogP contribution in [0.1, 0.15) is 0 Å². The maximum absolute atomic E-state index is 6.72. The molecule has 0 bridgehead atoms. The number of aromatic nitrogens is 5. The standard InChI is InChI=1S/C57H33N5O2/c1-4-14-34(15-5-1)55-58-56(35-16-6-2-7-17-35)60-57(59-55)36-24-30-49-43(32-36)44-33-38(25-31-50(44)63-49)61-45-22-12-10-21-41(45)51-46(61)29-27-42-52-47(62(53(42)51)37-18-8-3-9-19-37)28-26-40-39-20-11-13-23-48(39)64-54(40)52/h1-33H. The molecule has 0 saturated carbocycles. The molecule has 0 saturated heterocycles. The summed E-state index contributed by atoms with van der Waals surface area (Å²) >= 11 is 0. The van der Waals surface area contributed by atoms with E-state index in [0.717, 1.165) is 105 Å². The molecule has 0 aliphatic carbocycles. The number of furan rings is 2. The van der Waals surface area contributed by atoms with Gasteiger partial charge in [-0.15, -0.1) is 0 Å². The molecule has 14 aromatic rings. The van der Waals surface area contributed by atoms with Crippen molar-refractivity contribution in [2.45, 2.75) is 0 Å². The molecule has 0 amide bonds. The molecule has 0 aliphatic heterocycles. The summed E-state index contributed by atoms with van der Waals surface area (Å²) in [6.07, 6.45) is 0. The summed E-state index contributed by atoms with van der Waals surface area (Å²) in [5, 5.41) is 8.83. The van der Waals surface area contributed by atoms with E-state index in [2.05, 4.69) is 130 Å². The summed E-state index contributed by atoms with van der Waals surface area (Å²) in [7, 11) is 0. The highest BCUT2D eigenvalue weighted by Crippen LogP contribution is 2.46. The first-order valence-electron chi connectivity index (χ1n) is 21.4. The zero-order chi connectivity index (χ0) is 41.9. The molecular formula is C57H33N5O2. The Morgan fingerprint density at radius 2 is 0.875 bits per heavy atom. The van der Waals surface area contributed by atoms with Crippen molar-refractivity contribution in [1.82, 2.24) is 24.1 Å². The van der Waals surface area contributed by atoms with Gasteiger partial charge < -0.3 is 18.0 Å². The quantitative estimate of drug-likeness (QED) is 0.173. The minimum Gasteiger partial charge on any atom is -0.456 e. The molecule has 0 unspecified atom stereocenters. The van der Waals surface area contributed by atoms with Gasteiger partial charge in [0.1, 0.15) is 22.3 Å². The average molecular weight is 820 g/mol. The number of para-hydroxylation sites is 3. The zero-order valence-corrected chi connectivity index (χ0v) is 34.1. The maximum atomic E-state index is 6.72. The van der Waals surface area contributed by atoms with Crippen LogP contribution >= 0.6 is 0 Å². The summed E-state index contributed by atoms with van der Waals surface area (Å²) < 4.78 is 18.0. The van der Waals surface area contributed by atoms with E-state index in [1.807, 2.05) is 78.9 Å². The van der Waals surface area contributed by atoms with Gasteiger partial charge in [-0.1, -0.05) is 115 Å². The van der Waals surface area contributed by atoms with Crippen LogP contribution in [0.15, 0.2) is 209 Å². The van der Waals surface area contributed by atoms with Gasteiger partial charge in [0.25, 0.3) is 0 Å². The van der Waals surface area contributed by atoms with Crippen LogP contribution in [0.2, 0.25) is 0 Å². The Hall–Kier alpha value is -8.81. The van der Waals surface area contributed by atoms with Gasteiger partial charge in [0.15, 0.2) is 17.5 Å². The maximum Gasteiger partial charge on any atom is 0.164 e. The molecule has 0 radical (unpaired) electrons. The summed E-state index contributed by atoms with van der Waals surface area (Å²) in [5.41, 5.74) is 12.7. The van der Waals surface area contributed by atoms with Crippen LogP contribution in [0.25, 0.3) is 133 Å². The molecule has 7 nitrogen and oxygen atoms in total. The van der Waals surface area contributed by atoms with Crippen molar-refractivity contribution in [3.05, 3.63) is 200 Å². The van der Waals surface area contributed by atoms with E-state index in [0.29, 0.717) is 17.5 Å². The van der Waals surface area contributed by atoms with Crippen LogP contribution in [0.3, 0.4) is 0 Å². The smallest absolute Gasteiger partial charge is 0.164 e. The molecule has 7 heteroatoms. The van der Waals surface area contributed by atoms with E-state index in [1.54, 1.807) is 0 Å². The monoisotopic (exact) mass is 819 g/mol. The van der Waals surface area contributed by atoms with Crippen molar-refractivity contribution >= 4 is 87.5 Å². The van der Waals surface area contributed by atoms with E-state index in [1.165, 1.54) is 10.8 Å². The summed E-state index contributed by atoms with van der Waals surface area (Å²) in [6, 6.07) is 69.6. The first kappa shape index (κ1) is 34.9. The predicted octanol–water partition coefficient (Wildman–Crippen LogP) is 14.9. The molecule has 0 atom stereocenters. The van der Waals surface area contributed by atoms with E-state index in [4.69, 9.17) is 23.8 Å². The van der Waals surface area contributed by atoms with E-state index < -0.39 is 0 Å². The van der Waals surface area contributed by atoms with Crippen LogP contribution in [0.5, 0.6) is 0 Å². The fraction of sp³-hybridized carbons (Fsp3) is 0. The second kappa shape index (κ2) is 13.3. The second-order valence-electron chi connectivity index (χ2n) is 16.3. The Labute approximate surface area is 364 Å². The molecule has 5 heterocycles. The van der Waals surface area contributed by atoms with E-state index >= 15 is 0 Å². The van der Waals surface area contributed by atoms with Gasteiger partial charge in [0.05, 0.1) is 27.5 Å². The lowest BCUT2D eigenvalue weighted by atomic mass is 10.1. The van der Waals surface area contributed by atoms with Gasteiger partial charge in [-0.2, -0.15) is 0 Å². The Balaban J connectivity index is 1.00. The average Bonchev–Trinajstić information content (AvgIpc) is 4.12. The Morgan fingerprint density at radius 3 is 1.61 bits per heavy atom. The highest BCUT2D eigenvalue weighted by Gasteiger charge is 2.24. The Bertz CT molecular complexity index is 4120. The normalized spacial score (nSPS) is 12.1. The van der Waals surface area contributed by atoms with Crippen LogP contribution < -0.4 is 0 Å². The van der Waals surface area contributed by atoms with Crippen molar-refractivity contribution in [2.24, 2.45) is 0 Å². The van der Waals surface area contributed by atoms with E-state index in [9.17, 15) is 0 Å². The Kier molecular flexibility index (Phi) is 7.27. The molecule has 298 valence electrons. The van der Waals surface area contributed by atoms with Crippen molar-refractivity contribution in [3.8, 4) is 45.5 Å². The van der Waals surface area contributed by atoms with Crippen molar-refractivity contribution in [2.75, 3.05) is 0 Å². The van der Waals surface area contributed by atoms with Gasteiger partial charge in [-0.05, 0) is 84.9 Å². The summed E-state index contributed by atoms with van der Waals surface area (Å²) in [5.74, 6) is 1.84. The van der Waals surface area contributed by atoms with Gasteiger partial charge in [-0.25, -0.2) is 15.0 Å². The number of nitrogens with zero attached hydrogens (tertiary/aromatic N) is 5. The third kappa shape index (κ3) is 5.06. The van der Waals surface area contributed by atoms with Crippen LogP contribution in [0, 0.1) is 0 Å². The first-order chi connectivity index (χ1) is 31.7. The van der Waals surface area contributed by atoms with Crippen LogP contribution in [-0.2, 0) is 0 Å². The number of rotatable bonds is 5. The summed E-state index contributed by atoms with van der Waals surface area (Å²) in [4.78, 5) is 15.0. The minimum atomic E-state index is 0.597. The molecule has 5 aromatic heterocycles. The molecule has 0 fully saturated rings. The molecule has 0 N–H and O–H groups in total. The number of fused-ring (bicyclic) bond motifs is 14. The number of hydrogen-bond acceptors (Lipinski definition) is 5. The SMILES string of the molecule is c1ccc(-c2nc(-c3ccccc3)nc(-c3ccc4oc5ccc(-n6c7ccccc7c7c6ccc6c8c9oc%10ccccc%10c9ccc8n(-c8ccccc8)c67)cc5c4c3)n2)cc1. The molecule has 64 heavy (non-hydrogen) atoms. The lowest BCUT2D eigenvalue weighted by Gasteiger charge is -2.10. The molecule has 0 spiro atoms. The Morgan fingerprint density at radius 1 is 0.312 bits per heavy atom. The van der Waals surface area contributed by atoms with Gasteiger partial charge in [-0.3, -0.25) is 0 Å². The highest BCUT2D eigenvalue weighted by atomic mass is 16.3. The fourth-order valence-electron chi connectivity index (χ4n) is 9.93. The van der Waals surface area contributed by atoms with Gasteiger partial charge >= 0.3 is 0 Å². The van der Waals surface area contributed by atoms with E-state index in [-0.39, 0.29) is 0 Å². The highest BCUT2D eigenvalue weighted by molar-refractivity contribution is 6.31. The molecule has 9 aromatic carbocycles. The lowest BCUT2D eigenvalue weighted by molar-refractivity contribution is 0.669. The zero-order valence-electron chi connectivity index (χ0n) is 34.1. The second-order valence-corrected chi connectivity index (χ2v) is 16.3. The van der Waals surface area contributed by atoms with Crippen LogP contribution in [0.4, 0.5) is 0 Å². The third-order valence-electron chi connectivity index (χ3n) is 12.8. The van der Waals surface area contributed by atoms with Crippen LogP contribution in [-0.4, -0.2) is 24.1 Å². The number of hydrogen-bond donors (Lipinski definition) is 0. The van der Waals surface area contributed by atoms with Gasteiger partial charge in [0.2, 0.25) is 0 Å². The van der Waals surface area contributed by atoms with Crippen molar-refractivity contribution in [1.29, 1.82) is 0 Å². The first-order valence-corrected chi connectivity index (χ1v) is 21.4. The topological polar surface area (TPSA) is 74.8 Å². The minimum absolute atomic E-state index is 0.597. The van der Waals surface area contributed by atoms with Crippen molar-refractivity contribution in [3.63, 3.8) is 0 Å². The lowest BCUT2D eigenvalue weighted by Crippen LogP contribution is -2.00. The van der Waals surface area contributed by atoms with Crippen molar-refractivity contribution < 1.29 is 8.83 Å².